The van der Waals surface area contributed by atoms with Crippen molar-refractivity contribution in [3.8, 4) is 0 Å². The summed E-state index contributed by atoms with van der Waals surface area (Å²) in [5.41, 5.74) is 3.34. The van der Waals surface area contributed by atoms with E-state index in [1.54, 1.807) is 12.1 Å². The molecule has 0 heterocycles. The van der Waals surface area contributed by atoms with Crippen LogP contribution in [-0.4, -0.2) is 0 Å². The van der Waals surface area contributed by atoms with E-state index in [2.05, 4.69) is 27.7 Å². The van der Waals surface area contributed by atoms with Crippen LogP contribution in [0, 0.1) is 31.0 Å². The smallest absolute Gasteiger partial charge is 0.123 e. The van der Waals surface area contributed by atoms with E-state index in [4.69, 9.17) is 11.6 Å². The van der Waals surface area contributed by atoms with Crippen LogP contribution in [0.4, 0.5) is 4.39 Å². The standard InChI is InChI=1S/C17H26ClF/c1-11(10-17(4,5)6)7-15(18)16-12(2)8-14(19)9-13(16)3/h8-9,11,15H,7,10H2,1-6H3. The summed E-state index contributed by atoms with van der Waals surface area (Å²) >= 11 is 6.57. The van der Waals surface area contributed by atoms with E-state index in [1.165, 1.54) is 0 Å². The summed E-state index contributed by atoms with van der Waals surface area (Å²) in [5, 5.41) is -0.0297. The second kappa shape index (κ2) is 6.26. The number of alkyl halides is 1. The van der Waals surface area contributed by atoms with E-state index in [1.807, 2.05) is 13.8 Å². The Hall–Kier alpha value is -0.560. The zero-order chi connectivity index (χ0) is 14.8. The minimum Gasteiger partial charge on any atom is -0.207 e. The van der Waals surface area contributed by atoms with Crippen LogP contribution in [-0.2, 0) is 0 Å². The highest BCUT2D eigenvalue weighted by Crippen LogP contribution is 2.36. The van der Waals surface area contributed by atoms with Crippen LogP contribution >= 0.6 is 11.6 Å². The van der Waals surface area contributed by atoms with Crippen LogP contribution < -0.4 is 0 Å². The van der Waals surface area contributed by atoms with Gasteiger partial charge in [-0.15, -0.1) is 11.6 Å². The minimum atomic E-state index is -0.176. The molecule has 108 valence electrons. The summed E-state index contributed by atoms with van der Waals surface area (Å²) in [6.07, 6.45) is 2.08. The van der Waals surface area contributed by atoms with Gasteiger partial charge in [0, 0.05) is 0 Å². The molecule has 0 aliphatic carbocycles. The third-order valence-corrected chi connectivity index (χ3v) is 3.84. The van der Waals surface area contributed by atoms with Gasteiger partial charge in [0.2, 0.25) is 0 Å². The van der Waals surface area contributed by atoms with Crippen LogP contribution in [0.15, 0.2) is 12.1 Å². The van der Waals surface area contributed by atoms with Crippen LogP contribution in [0.5, 0.6) is 0 Å². The lowest BCUT2D eigenvalue weighted by atomic mass is 9.82. The normalized spacial score (nSPS) is 15.4. The number of aryl methyl sites for hydroxylation is 2. The van der Waals surface area contributed by atoms with Gasteiger partial charge in [-0.3, -0.25) is 0 Å². The second-order valence-electron chi connectivity index (χ2n) is 7.03. The molecule has 0 radical (unpaired) electrons. The van der Waals surface area contributed by atoms with Crippen molar-refractivity contribution in [1.29, 1.82) is 0 Å². The zero-order valence-corrected chi connectivity index (χ0v) is 13.7. The minimum absolute atomic E-state index is 0.0297. The summed E-state index contributed by atoms with van der Waals surface area (Å²) in [7, 11) is 0. The maximum atomic E-state index is 13.3. The Kier molecular flexibility index (Phi) is 5.43. The lowest BCUT2D eigenvalue weighted by molar-refractivity contribution is 0.295. The fourth-order valence-electron chi connectivity index (χ4n) is 3.02. The van der Waals surface area contributed by atoms with E-state index in [0.29, 0.717) is 11.3 Å². The first kappa shape index (κ1) is 16.5. The van der Waals surface area contributed by atoms with Gasteiger partial charge in [0.25, 0.3) is 0 Å². The van der Waals surface area contributed by atoms with Crippen LogP contribution in [0.2, 0.25) is 0 Å². The number of benzene rings is 1. The lowest BCUT2D eigenvalue weighted by Crippen LogP contribution is -2.13. The van der Waals surface area contributed by atoms with Gasteiger partial charge < -0.3 is 0 Å². The third kappa shape index (κ3) is 5.14. The molecule has 0 aliphatic rings. The summed E-state index contributed by atoms with van der Waals surface area (Å²) in [6.45, 7) is 12.9. The van der Waals surface area contributed by atoms with Crippen molar-refractivity contribution in [2.45, 2.75) is 59.8 Å². The first-order valence-corrected chi connectivity index (χ1v) is 7.44. The van der Waals surface area contributed by atoms with Gasteiger partial charge in [-0.2, -0.15) is 0 Å². The number of halogens is 2. The molecule has 2 heteroatoms. The largest absolute Gasteiger partial charge is 0.207 e. The topological polar surface area (TPSA) is 0 Å². The Balaban J connectivity index is 2.81. The highest BCUT2D eigenvalue weighted by Gasteiger charge is 2.21. The van der Waals surface area contributed by atoms with Crippen molar-refractivity contribution < 1.29 is 4.39 Å². The highest BCUT2D eigenvalue weighted by atomic mass is 35.5. The molecule has 0 aromatic heterocycles. The van der Waals surface area contributed by atoms with Gasteiger partial charge in [0.1, 0.15) is 5.82 Å². The van der Waals surface area contributed by atoms with E-state index >= 15 is 0 Å². The molecule has 2 unspecified atom stereocenters. The molecule has 1 aromatic rings. The number of hydrogen-bond acceptors (Lipinski definition) is 0. The van der Waals surface area contributed by atoms with E-state index in [-0.39, 0.29) is 11.2 Å². The summed E-state index contributed by atoms with van der Waals surface area (Å²) in [4.78, 5) is 0. The first-order chi connectivity index (χ1) is 8.60. The molecule has 1 aromatic carbocycles. The highest BCUT2D eigenvalue weighted by molar-refractivity contribution is 6.21. The second-order valence-corrected chi connectivity index (χ2v) is 7.55. The van der Waals surface area contributed by atoms with Gasteiger partial charge >= 0.3 is 0 Å². The van der Waals surface area contributed by atoms with Crippen LogP contribution in [0.3, 0.4) is 0 Å². The molecule has 19 heavy (non-hydrogen) atoms. The van der Waals surface area contributed by atoms with Crippen LogP contribution in [0.1, 0.15) is 62.6 Å². The van der Waals surface area contributed by atoms with Crippen molar-refractivity contribution >= 4 is 11.6 Å². The number of hydrogen-bond donors (Lipinski definition) is 0. The van der Waals surface area contributed by atoms with E-state index < -0.39 is 0 Å². The van der Waals surface area contributed by atoms with Gasteiger partial charge in [0.15, 0.2) is 0 Å². The maximum absolute atomic E-state index is 13.3. The van der Waals surface area contributed by atoms with Gasteiger partial charge in [-0.05, 0) is 66.8 Å². The summed E-state index contributed by atoms with van der Waals surface area (Å²) in [5.74, 6) is 0.386. The van der Waals surface area contributed by atoms with E-state index in [9.17, 15) is 4.39 Å². The van der Waals surface area contributed by atoms with Gasteiger partial charge in [-0.1, -0.05) is 27.7 Å². The molecule has 0 spiro atoms. The molecule has 2 atom stereocenters. The Morgan fingerprint density at radius 3 is 2.05 bits per heavy atom. The maximum Gasteiger partial charge on any atom is 0.123 e. The van der Waals surface area contributed by atoms with Crippen molar-refractivity contribution in [2.24, 2.45) is 11.3 Å². The molecule has 0 bridgehead atoms. The van der Waals surface area contributed by atoms with Crippen molar-refractivity contribution in [3.05, 3.63) is 34.6 Å². The summed E-state index contributed by atoms with van der Waals surface area (Å²) < 4.78 is 13.3. The van der Waals surface area contributed by atoms with Gasteiger partial charge in [-0.25, -0.2) is 4.39 Å². The molecular weight excluding hydrogens is 259 g/mol. The number of rotatable bonds is 4. The predicted molar refractivity (Wildman–Crippen MR) is 82.3 cm³/mol. The molecule has 0 N–H and O–H groups in total. The first-order valence-electron chi connectivity index (χ1n) is 7.01. The lowest BCUT2D eigenvalue weighted by Gasteiger charge is -2.25. The monoisotopic (exact) mass is 284 g/mol. The average molecular weight is 285 g/mol. The predicted octanol–water partition coefficient (Wildman–Crippen LogP) is 6.18. The molecule has 1 rings (SSSR count). The van der Waals surface area contributed by atoms with Crippen molar-refractivity contribution in [2.75, 3.05) is 0 Å². The van der Waals surface area contributed by atoms with Crippen LogP contribution in [0.25, 0.3) is 0 Å². The van der Waals surface area contributed by atoms with Crippen molar-refractivity contribution in [3.63, 3.8) is 0 Å². The quantitative estimate of drug-likeness (QED) is 0.579. The average Bonchev–Trinajstić information content (AvgIpc) is 2.10. The Morgan fingerprint density at radius 1 is 1.16 bits per heavy atom. The molecule has 0 saturated carbocycles. The molecular formula is C17H26ClF. The van der Waals surface area contributed by atoms with Crippen molar-refractivity contribution in [1.82, 2.24) is 0 Å². The molecule has 0 fully saturated rings. The fraction of sp³-hybridized carbons (Fsp3) is 0.647. The summed E-state index contributed by atoms with van der Waals surface area (Å²) in [6, 6.07) is 3.15. The SMILES string of the molecule is Cc1cc(F)cc(C)c1C(Cl)CC(C)CC(C)(C)C. The Bertz CT molecular complexity index is 408. The fourth-order valence-corrected chi connectivity index (χ4v) is 3.66. The van der Waals surface area contributed by atoms with Gasteiger partial charge in [0.05, 0.1) is 5.38 Å². The molecule has 0 aliphatic heterocycles. The Labute approximate surface area is 122 Å². The zero-order valence-electron chi connectivity index (χ0n) is 13.0. The Morgan fingerprint density at radius 2 is 1.63 bits per heavy atom. The molecule has 0 nitrogen and oxygen atoms in total. The molecule has 0 amide bonds. The van der Waals surface area contributed by atoms with E-state index in [0.717, 1.165) is 29.5 Å². The molecule has 0 saturated heterocycles. The third-order valence-electron chi connectivity index (χ3n) is 3.44.